The Balaban J connectivity index is 0.000000794. The maximum atomic E-state index is 13.8. The minimum Gasteiger partial charge on any atom is -0.497 e. The van der Waals surface area contributed by atoms with Crippen molar-refractivity contribution >= 4 is 29.3 Å². The second-order valence-corrected chi connectivity index (χ2v) is 12.5. The van der Waals surface area contributed by atoms with E-state index in [-0.39, 0.29) is 17.6 Å². The largest absolute Gasteiger partial charge is 0.497 e. The number of aryl methyl sites for hydroxylation is 1. The van der Waals surface area contributed by atoms with Crippen molar-refractivity contribution in [1.29, 1.82) is 0 Å². The summed E-state index contributed by atoms with van der Waals surface area (Å²) >= 11 is 0. The Morgan fingerprint density at radius 3 is 2.23 bits per heavy atom. The normalized spacial score (nSPS) is 13.2. The van der Waals surface area contributed by atoms with Gasteiger partial charge in [0.15, 0.2) is 5.82 Å². The molecular weight excluding hydrogens is 610 g/mol. The fraction of sp³-hybridized carbons (Fsp3) is 0.389. The molecule has 0 aliphatic carbocycles. The van der Waals surface area contributed by atoms with E-state index in [1.165, 1.54) is 11.9 Å². The Labute approximate surface area is 282 Å². The van der Waals surface area contributed by atoms with Crippen molar-refractivity contribution < 1.29 is 23.8 Å². The monoisotopic (exact) mass is 657 g/mol. The van der Waals surface area contributed by atoms with Crippen LogP contribution in [-0.2, 0) is 27.4 Å². The zero-order valence-corrected chi connectivity index (χ0v) is 28.7. The molecule has 2 amide bonds. The summed E-state index contributed by atoms with van der Waals surface area (Å²) in [6.45, 7) is 14.4. The Hall–Kier alpha value is -4.94. The van der Waals surface area contributed by atoms with Gasteiger partial charge in [-0.15, -0.1) is 0 Å². The number of rotatable bonds is 12. The number of benzene rings is 2. The van der Waals surface area contributed by atoms with Crippen molar-refractivity contribution in [3.63, 3.8) is 0 Å². The molecule has 0 unspecified atom stereocenters. The van der Waals surface area contributed by atoms with E-state index in [1.807, 2.05) is 45.0 Å². The third-order valence-corrected chi connectivity index (χ3v) is 7.87. The van der Waals surface area contributed by atoms with E-state index in [1.54, 1.807) is 24.8 Å². The summed E-state index contributed by atoms with van der Waals surface area (Å²) in [6, 6.07) is 17.9. The molecule has 2 aromatic carbocycles. The van der Waals surface area contributed by atoms with Gasteiger partial charge in [0, 0.05) is 39.5 Å². The molecule has 1 aliphatic rings. The number of methoxy groups -OCH3 is 2. The molecule has 5 rings (SSSR count). The Bertz CT molecular complexity index is 1660. The molecule has 3 N–H and O–H groups in total. The maximum absolute atomic E-state index is 13.8. The van der Waals surface area contributed by atoms with Gasteiger partial charge in [0.25, 0.3) is 5.91 Å². The summed E-state index contributed by atoms with van der Waals surface area (Å²) in [4.78, 5) is 31.6. The predicted molar refractivity (Wildman–Crippen MR) is 186 cm³/mol. The zero-order valence-electron chi connectivity index (χ0n) is 28.7. The van der Waals surface area contributed by atoms with E-state index in [2.05, 4.69) is 63.9 Å². The van der Waals surface area contributed by atoms with E-state index in [4.69, 9.17) is 19.2 Å². The van der Waals surface area contributed by atoms with E-state index < -0.39 is 0 Å². The van der Waals surface area contributed by atoms with Gasteiger partial charge in [0.05, 0.1) is 29.7 Å². The highest BCUT2D eigenvalue weighted by atomic mass is 16.5. The van der Waals surface area contributed by atoms with Crippen LogP contribution in [0.3, 0.4) is 0 Å². The van der Waals surface area contributed by atoms with Crippen LogP contribution in [0.5, 0.6) is 5.75 Å². The molecule has 256 valence electrons. The van der Waals surface area contributed by atoms with Crippen molar-refractivity contribution in [3.8, 4) is 5.75 Å². The molecular formula is C36H47N7O5. The van der Waals surface area contributed by atoms with Crippen molar-refractivity contribution in [1.82, 2.24) is 30.8 Å². The van der Waals surface area contributed by atoms with Gasteiger partial charge in [-0.05, 0) is 69.9 Å². The highest BCUT2D eigenvalue weighted by Crippen LogP contribution is 2.30. The first-order valence-corrected chi connectivity index (χ1v) is 15.9. The zero-order chi connectivity index (χ0) is 34.7. The lowest BCUT2D eigenvalue weighted by Gasteiger charge is -2.26. The van der Waals surface area contributed by atoms with E-state index >= 15 is 0 Å². The third-order valence-electron chi connectivity index (χ3n) is 7.87. The van der Waals surface area contributed by atoms with Crippen LogP contribution in [0.15, 0.2) is 67.5 Å². The molecule has 12 nitrogen and oxygen atoms in total. The van der Waals surface area contributed by atoms with E-state index in [9.17, 15) is 9.59 Å². The van der Waals surface area contributed by atoms with Gasteiger partial charge >= 0.3 is 0 Å². The lowest BCUT2D eigenvalue weighted by Crippen LogP contribution is -2.39. The number of ether oxygens (including phenoxy) is 3. The molecule has 1 saturated heterocycles. The Kier molecular flexibility index (Phi) is 12.5. The Morgan fingerprint density at radius 1 is 1.06 bits per heavy atom. The smallest absolute Gasteiger partial charge is 0.253 e. The van der Waals surface area contributed by atoms with Crippen molar-refractivity contribution in [2.75, 3.05) is 32.3 Å². The second kappa shape index (κ2) is 16.8. The summed E-state index contributed by atoms with van der Waals surface area (Å²) in [7, 11) is 3.35. The van der Waals surface area contributed by atoms with Crippen molar-refractivity contribution in [2.24, 2.45) is 0 Å². The number of nitrogens with one attached hydrogen (secondary N) is 3. The van der Waals surface area contributed by atoms with Crippen LogP contribution in [-0.4, -0.2) is 66.0 Å². The molecule has 1 aliphatic heterocycles. The predicted octanol–water partition coefficient (Wildman–Crippen LogP) is 4.81. The first-order chi connectivity index (χ1) is 23.0. The summed E-state index contributed by atoms with van der Waals surface area (Å²) in [5.41, 5.74) is 10.3. The fourth-order valence-corrected chi connectivity index (χ4v) is 5.01. The summed E-state index contributed by atoms with van der Waals surface area (Å²) in [5.74, 6) is 1.12. The standard InChI is InChI=1S/C31H35N7O4.C5H12O/c1-21-4-6-23(7-5-21)17-37(18-24-8-10-26(41-3)11-9-24)30-29-27(31(40)35-25-12-14-42-15-13-25)16-28(22(2)36-33-20-39)38(29)34-19-32-30;1-5(2,3)6-4/h4-11,16,19-20,25,36H,2,12-15,17-18H2,1,3H3,(H,33,39)(H,35,40);1-4H3. The number of hydrogen-bond acceptors (Lipinski definition) is 9. The number of hydrazine groups is 1. The summed E-state index contributed by atoms with van der Waals surface area (Å²) < 4.78 is 17.4. The second-order valence-electron chi connectivity index (χ2n) is 12.5. The molecule has 12 heteroatoms. The quantitative estimate of drug-likeness (QED) is 0.145. The number of aromatic nitrogens is 3. The summed E-state index contributed by atoms with van der Waals surface area (Å²) in [5, 5.41) is 7.66. The van der Waals surface area contributed by atoms with Crippen LogP contribution < -0.4 is 25.8 Å². The van der Waals surface area contributed by atoms with Crippen LogP contribution in [0.1, 0.15) is 66.4 Å². The average molecular weight is 658 g/mol. The molecule has 2 aromatic heterocycles. The Morgan fingerprint density at radius 2 is 1.67 bits per heavy atom. The molecule has 0 spiro atoms. The molecule has 0 saturated carbocycles. The molecule has 0 atom stereocenters. The maximum Gasteiger partial charge on any atom is 0.253 e. The molecule has 0 bridgehead atoms. The molecule has 3 heterocycles. The number of anilines is 1. The topological polar surface area (TPSA) is 131 Å². The number of carbonyl (C=O) groups is 2. The molecule has 4 aromatic rings. The van der Waals surface area contributed by atoms with Gasteiger partial charge in [0.2, 0.25) is 6.41 Å². The van der Waals surface area contributed by atoms with Crippen LogP contribution in [0.4, 0.5) is 5.82 Å². The highest BCUT2D eigenvalue weighted by molar-refractivity contribution is 6.05. The minimum atomic E-state index is -0.238. The first-order valence-electron chi connectivity index (χ1n) is 15.9. The first kappa shape index (κ1) is 35.9. The van der Waals surface area contributed by atoms with Gasteiger partial charge in [-0.25, -0.2) is 9.50 Å². The average Bonchev–Trinajstić information content (AvgIpc) is 3.49. The SMILES string of the molecule is C=C(NNC=O)c1cc(C(=O)NC2CCOCC2)c2c(N(Cc3ccc(C)cc3)Cc3ccc(OC)cc3)ncnn12.COC(C)(C)C. The lowest BCUT2D eigenvalue weighted by molar-refractivity contribution is -0.110. The van der Waals surface area contributed by atoms with Gasteiger partial charge in [0.1, 0.15) is 17.6 Å². The van der Waals surface area contributed by atoms with Crippen LogP contribution in [0.25, 0.3) is 11.2 Å². The van der Waals surface area contributed by atoms with Crippen LogP contribution >= 0.6 is 0 Å². The number of fused-ring (bicyclic) bond motifs is 1. The third kappa shape index (κ3) is 9.79. The number of hydrogen-bond donors (Lipinski definition) is 3. The molecule has 0 radical (unpaired) electrons. The van der Waals surface area contributed by atoms with Gasteiger partial charge in [-0.1, -0.05) is 48.5 Å². The highest BCUT2D eigenvalue weighted by Gasteiger charge is 2.26. The lowest BCUT2D eigenvalue weighted by atomic mass is 10.1. The number of carbonyl (C=O) groups excluding carboxylic acids is 2. The summed E-state index contributed by atoms with van der Waals surface area (Å²) in [6.07, 6.45) is 3.45. The molecule has 48 heavy (non-hydrogen) atoms. The van der Waals surface area contributed by atoms with Gasteiger partial charge in [-0.3, -0.25) is 20.4 Å². The van der Waals surface area contributed by atoms with Crippen molar-refractivity contribution in [2.45, 2.75) is 65.3 Å². The van der Waals surface area contributed by atoms with Crippen molar-refractivity contribution in [3.05, 3.63) is 95.5 Å². The number of amides is 2. The van der Waals surface area contributed by atoms with Crippen LogP contribution in [0.2, 0.25) is 0 Å². The minimum absolute atomic E-state index is 0.00116. The molecule has 1 fully saturated rings. The fourth-order valence-electron chi connectivity index (χ4n) is 5.01. The van der Waals surface area contributed by atoms with E-state index in [0.29, 0.717) is 61.0 Å². The van der Waals surface area contributed by atoms with Crippen LogP contribution in [0, 0.1) is 6.92 Å². The number of nitrogens with zero attached hydrogens (tertiary/aromatic N) is 4. The van der Waals surface area contributed by atoms with E-state index in [0.717, 1.165) is 29.7 Å². The van der Waals surface area contributed by atoms with Gasteiger partial charge in [-0.2, -0.15) is 5.10 Å². The van der Waals surface area contributed by atoms with Gasteiger partial charge < -0.3 is 24.4 Å².